The van der Waals surface area contributed by atoms with E-state index in [2.05, 4.69) is 10.5 Å². The van der Waals surface area contributed by atoms with Crippen LogP contribution < -0.4 is 10.1 Å². The fourth-order valence-corrected chi connectivity index (χ4v) is 3.49. The van der Waals surface area contributed by atoms with Crippen molar-refractivity contribution in [3.05, 3.63) is 41.2 Å². The molecule has 0 bridgehead atoms. The summed E-state index contributed by atoms with van der Waals surface area (Å²) in [5, 5.41) is 6.41. The van der Waals surface area contributed by atoms with Crippen molar-refractivity contribution >= 4 is 23.8 Å². The van der Waals surface area contributed by atoms with Crippen molar-refractivity contribution in [2.24, 2.45) is 0 Å². The number of hydrogen-bond donors (Lipinski definition) is 1. The summed E-state index contributed by atoms with van der Waals surface area (Å²) in [5.74, 6) is -2.29. The molecule has 1 aromatic heterocycles. The van der Waals surface area contributed by atoms with Crippen LogP contribution in [0.25, 0.3) is 0 Å². The summed E-state index contributed by atoms with van der Waals surface area (Å²) in [5.41, 5.74) is 0.833. The van der Waals surface area contributed by atoms with Gasteiger partial charge in [-0.1, -0.05) is 17.8 Å². The number of likely N-dealkylation sites (N-methyl/N-ethyl adjacent to an activating group) is 1. The van der Waals surface area contributed by atoms with Gasteiger partial charge in [0.05, 0.1) is 12.1 Å². The number of halogens is 2. The number of benzene rings is 1. The monoisotopic (exact) mass is 440 g/mol. The zero-order chi connectivity index (χ0) is 21.7. The standard InChI is InChI=1S/C19H22F2N4O4S/c1-24(2)9-7-22-19(27)28-16-14-11-25(8-6-15(14)29-23-16)17(26)12-4-3-5-13(10-12)30-18(20)21/h3-5,10,18H,6-9,11H2,1-2H3,(H,22,27). The molecule has 8 nitrogen and oxygen atoms in total. The molecule has 0 radical (unpaired) electrons. The zero-order valence-corrected chi connectivity index (χ0v) is 17.4. The highest BCUT2D eigenvalue weighted by Crippen LogP contribution is 2.30. The summed E-state index contributed by atoms with van der Waals surface area (Å²) in [6.45, 7) is 1.58. The molecule has 0 saturated heterocycles. The minimum atomic E-state index is -2.56. The van der Waals surface area contributed by atoms with E-state index in [0.29, 0.717) is 59.6 Å². The molecule has 0 fully saturated rings. The molecule has 2 amide bonds. The maximum Gasteiger partial charge on any atom is 0.414 e. The topological polar surface area (TPSA) is 87.9 Å². The second kappa shape index (κ2) is 9.90. The van der Waals surface area contributed by atoms with Crippen molar-refractivity contribution in [1.29, 1.82) is 0 Å². The van der Waals surface area contributed by atoms with E-state index in [0.717, 1.165) is 0 Å². The number of nitrogens with zero attached hydrogens (tertiary/aromatic N) is 3. The molecule has 162 valence electrons. The average Bonchev–Trinajstić information content (AvgIpc) is 3.08. The maximum atomic E-state index is 12.9. The summed E-state index contributed by atoms with van der Waals surface area (Å²) in [4.78, 5) is 28.6. The van der Waals surface area contributed by atoms with E-state index in [1.165, 1.54) is 12.1 Å². The van der Waals surface area contributed by atoms with E-state index in [1.807, 2.05) is 19.0 Å². The summed E-state index contributed by atoms with van der Waals surface area (Å²) in [6.07, 6.45) is -0.251. The van der Waals surface area contributed by atoms with Gasteiger partial charge >= 0.3 is 6.09 Å². The molecule has 1 aromatic carbocycles. The summed E-state index contributed by atoms with van der Waals surface area (Å²) in [6, 6.07) is 6.12. The van der Waals surface area contributed by atoms with Gasteiger partial charge in [0.1, 0.15) is 5.76 Å². The molecule has 2 heterocycles. The molecule has 0 atom stereocenters. The number of alkyl halides is 2. The fourth-order valence-electron chi connectivity index (χ4n) is 2.93. The van der Waals surface area contributed by atoms with Gasteiger partial charge in [0.2, 0.25) is 0 Å². The molecule has 1 aliphatic heterocycles. The van der Waals surface area contributed by atoms with Crippen molar-refractivity contribution in [3.63, 3.8) is 0 Å². The number of fused-ring (bicyclic) bond motifs is 1. The summed E-state index contributed by atoms with van der Waals surface area (Å²) < 4.78 is 35.7. The largest absolute Gasteiger partial charge is 0.414 e. The van der Waals surface area contributed by atoms with Crippen LogP contribution >= 0.6 is 11.8 Å². The van der Waals surface area contributed by atoms with Crippen molar-refractivity contribution in [2.45, 2.75) is 23.6 Å². The van der Waals surface area contributed by atoms with Crippen LogP contribution in [0.3, 0.4) is 0 Å². The first kappa shape index (κ1) is 22.0. The lowest BCUT2D eigenvalue weighted by atomic mass is 10.1. The Hall–Kier alpha value is -2.66. The van der Waals surface area contributed by atoms with Crippen LogP contribution in [-0.4, -0.2) is 66.4 Å². The smallest absolute Gasteiger partial charge is 0.387 e. The Bertz CT molecular complexity index is 906. The molecule has 0 unspecified atom stereocenters. The first-order valence-corrected chi connectivity index (χ1v) is 10.1. The van der Waals surface area contributed by atoms with Crippen LogP contribution in [0.4, 0.5) is 13.6 Å². The molecule has 3 rings (SSSR count). The molecule has 2 aromatic rings. The number of carbonyl (C=O) groups is 2. The number of aromatic nitrogens is 1. The molecular weight excluding hydrogens is 418 g/mol. The van der Waals surface area contributed by atoms with Gasteiger partial charge in [0.15, 0.2) is 0 Å². The quantitative estimate of drug-likeness (QED) is 0.663. The number of ether oxygens (including phenoxy) is 1. The lowest BCUT2D eigenvalue weighted by molar-refractivity contribution is 0.0728. The first-order valence-electron chi connectivity index (χ1n) is 9.25. The molecule has 0 saturated carbocycles. The van der Waals surface area contributed by atoms with Crippen molar-refractivity contribution in [3.8, 4) is 5.88 Å². The highest BCUT2D eigenvalue weighted by Gasteiger charge is 2.29. The highest BCUT2D eigenvalue weighted by atomic mass is 32.2. The van der Waals surface area contributed by atoms with E-state index in [-0.39, 0.29) is 18.3 Å². The predicted molar refractivity (Wildman–Crippen MR) is 106 cm³/mol. The van der Waals surface area contributed by atoms with Crippen LogP contribution in [0.15, 0.2) is 33.7 Å². The van der Waals surface area contributed by atoms with Gasteiger partial charge < -0.3 is 24.4 Å². The van der Waals surface area contributed by atoms with E-state index < -0.39 is 11.9 Å². The van der Waals surface area contributed by atoms with Gasteiger partial charge in [-0.25, -0.2) is 4.79 Å². The molecule has 30 heavy (non-hydrogen) atoms. The summed E-state index contributed by atoms with van der Waals surface area (Å²) in [7, 11) is 3.77. The second-order valence-corrected chi connectivity index (χ2v) is 7.96. The van der Waals surface area contributed by atoms with E-state index in [9.17, 15) is 18.4 Å². The molecule has 0 aliphatic carbocycles. The number of amides is 2. The Morgan fingerprint density at radius 1 is 1.40 bits per heavy atom. The number of thioether (sulfide) groups is 1. The van der Waals surface area contributed by atoms with Gasteiger partial charge in [0.25, 0.3) is 17.5 Å². The number of nitrogens with one attached hydrogen (secondary N) is 1. The van der Waals surface area contributed by atoms with Gasteiger partial charge in [-0.2, -0.15) is 8.78 Å². The van der Waals surface area contributed by atoms with Gasteiger partial charge in [-0.05, 0) is 37.5 Å². The Morgan fingerprint density at radius 3 is 2.93 bits per heavy atom. The van der Waals surface area contributed by atoms with Crippen LogP contribution in [0, 0.1) is 0 Å². The van der Waals surface area contributed by atoms with E-state index >= 15 is 0 Å². The third-order valence-electron chi connectivity index (χ3n) is 4.40. The van der Waals surface area contributed by atoms with Crippen LogP contribution in [-0.2, 0) is 13.0 Å². The van der Waals surface area contributed by atoms with E-state index in [1.54, 1.807) is 17.0 Å². The van der Waals surface area contributed by atoms with Crippen LogP contribution in [0.2, 0.25) is 0 Å². The Kier molecular flexibility index (Phi) is 7.27. The van der Waals surface area contributed by atoms with Gasteiger partial charge in [-0.15, -0.1) is 0 Å². The normalized spacial score (nSPS) is 13.5. The SMILES string of the molecule is CN(C)CCNC(=O)Oc1noc2c1CN(C(=O)c1cccc(SC(F)F)c1)CC2. The Morgan fingerprint density at radius 2 is 2.20 bits per heavy atom. The van der Waals surface area contributed by atoms with Crippen molar-refractivity contribution in [2.75, 3.05) is 33.7 Å². The predicted octanol–water partition coefficient (Wildman–Crippen LogP) is 2.84. The number of carbonyl (C=O) groups excluding carboxylic acids is 2. The minimum Gasteiger partial charge on any atom is -0.387 e. The molecule has 1 aliphatic rings. The Labute approximate surface area is 176 Å². The minimum absolute atomic E-state index is 0.0202. The maximum absolute atomic E-state index is 12.9. The lowest BCUT2D eigenvalue weighted by Crippen LogP contribution is -2.36. The van der Waals surface area contributed by atoms with Crippen molar-refractivity contribution in [1.82, 2.24) is 20.3 Å². The second-order valence-electron chi connectivity index (χ2n) is 6.89. The molecule has 1 N–H and O–H groups in total. The number of rotatable bonds is 7. The van der Waals surface area contributed by atoms with Gasteiger partial charge in [-0.3, -0.25) is 4.79 Å². The highest BCUT2D eigenvalue weighted by molar-refractivity contribution is 7.99. The third kappa shape index (κ3) is 5.70. The molecular formula is C19H22F2N4O4S. The van der Waals surface area contributed by atoms with Crippen molar-refractivity contribution < 1.29 is 27.6 Å². The van der Waals surface area contributed by atoms with Gasteiger partial charge in [0, 0.05) is 36.5 Å². The third-order valence-corrected chi connectivity index (χ3v) is 5.11. The fraction of sp³-hybridized carbons (Fsp3) is 0.421. The number of hydrogen-bond acceptors (Lipinski definition) is 7. The Balaban J connectivity index is 1.66. The average molecular weight is 440 g/mol. The van der Waals surface area contributed by atoms with Crippen LogP contribution in [0.5, 0.6) is 5.88 Å². The molecule has 0 spiro atoms. The first-order chi connectivity index (χ1) is 14.3. The zero-order valence-electron chi connectivity index (χ0n) is 16.6. The lowest BCUT2D eigenvalue weighted by Gasteiger charge is -2.26. The molecule has 11 heteroatoms. The van der Waals surface area contributed by atoms with E-state index in [4.69, 9.17) is 9.26 Å². The summed E-state index contributed by atoms with van der Waals surface area (Å²) >= 11 is 0.387. The van der Waals surface area contributed by atoms with Crippen LogP contribution in [0.1, 0.15) is 21.7 Å².